The molecular weight excluding hydrogens is 282 g/mol. The number of carbonyl (C=O) groups excluding carboxylic acids is 2. The summed E-state index contributed by atoms with van der Waals surface area (Å²) >= 11 is 0. The Labute approximate surface area is 131 Å². The number of hydrogen-bond donors (Lipinski definition) is 0. The minimum absolute atomic E-state index is 0.0404. The maximum absolute atomic E-state index is 12.8. The minimum Gasteiger partial charge on any atom is -0.465 e. The van der Waals surface area contributed by atoms with Gasteiger partial charge in [0.15, 0.2) is 0 Å². The molecule has 5 atom stereocenters. The van der Waals surface area contributed by atoms with Crippen molar-refractivity contribution in [3.05, 3.63) is 12.2 Å². The maximum atomic E-state index is 12.8. The van der Waals surface area contributed by atoms with Gasteiger partial charge in [0.1, 0.15) is 11.5 Å². The number of nitrogens with zero attached hydrogens (tertiary/aromatic N) is 1. The zero-order chi connectivity index (χ0) is 15.9. The Morgan fingerprint density at radius 3 is 3.00 bits per heavy atom. The fourth-order valence-electron chi connectivity index (χ4n) is 3.80. The number of rotatable bonds is 6. The van der Waals surface area contributed by atoms with Crippen molar-refractivity contribution in [1.29, 1.82) is 0 Å². The van der Waals surface area contributed by atoms with E-state index in [0.717, 1.165) is 19.3 Å². The molecule has 0 aromatic heterocycles. The first kappa shape index (κ1) is 15.5. The SMILES string of the molecule is CCCCOC(=O)[C@@H]1[C@H]2C(=O)N([C@@H](C)CC)C[C@]23C=C[C@H]1O3. The number of esters is 1. The molecule has 3 rings (SSSR count). The van der Waals surface area contributed by atoms with Crippen LogP contribution in [0.4, 0.5) is 0 Å². The highest BCUT2D eigenvalue weighted by Gasteiger charge is 2.67. The standard InChI is InChI=1S/C17H25NO4/c1-4-6-9-21-16(20)13-12-7-8-17(22-12)10-18(11(3)5-2)15(19)14(13)17/h7-8,11-14H,4-6,9-10H2,1-3H3/t11-,12+,13-,14-,17+/m0/s1. The lowest BCUT2D eigenvalue weighted by atomic mass is 9.77. The van der Waals surface area contributed by atoms with Gasteiger partial charge >= 0.3 is 5.97 Å². The maximum Gasteiger partial charge on any atom is 0.312 e. The number of hydrogen-bond acceptors (Lipinski definition) is 4. The number of carbonyl (C=O) groups is 2. The van der Waals surface area contributed by atoms with Gasteiger partial charge in [-0.1, -0.05) is 32.4 Å². The third kappa shape index (κ3) is 2.18. The normalized spacial score (nSPS) is 36.8. The number of likely N-dealkylation sites (tertiary alicyclic amines) is 1. The molecule has 0 aromatic carbocycles. The Kier molecular flexibility index (Phi) is 4.02. The second-order valence-electron chi connectivity index (χ2n) is 6.64. The number of fused-ring (bicyclic) bond motifs is 1. The van der Waals surface area contributed by atoms with Gasteiger partial charge in [0.2, 0.25) is 5.91 Å². The molecule has 0 aromatic rings. The van der Waals surface area contributed by atoms with Gasteiger partial charge in [-0.05, 0) is 19.8 Å². The summed E-state index contributed by atoms with van der Waals surface area (Å²) < 4.78 is 11.4. The average molecular weight is 307 g/mol. The first-order valence-corrected chi connectivity index (χ1v) is 8.38. The predicted molar refractivity (Wildman–Crippen MR) is 81.1 cm³/mol. The molecule has 3 aliphatic rings. The van der Waals surface area contributed by atoms with Crippen LogP contribution in [0.2, 0.25) is 0 Å². The Hall–Kier alpha value is -1.36. The molecule has 122 valence electrons. The van der Waals surface area contributed by atoms with E-state index in [-0.39, 0.29) is 24.0 Å². The highest BCUT2D eigenvalue weighted by Crippen LogP contribution is 2.52. The largest absolute Gasteiger partial charge is 0.465 e. The molecule has 5 heteroatoms. The minimum atomic E-state index is -0.611. The second kappa shape index (κ2) is 5.69. The molecule has 22 heavy (non-hydrogen) atoms. The summed E-state index contributed by atoms with van der Waals surface area (Å²) in [5.41, 5.74) is -0.611. The van der Waals surface area contributed by atoms with Gasteiger partial charge in [-0.2, -0.15) is 0 Å². The monoisotopic (exact) mass is 307 g/mol. The van der Waals surface area contributed by atoms with E-state index in [9.17, 15) is 9.59 Å². The summed E-state index contributed by atoms with van der Waals surface area (Å²) in [5.74, 6) is -1.14. The summed E-state index contributed by atoms with van der Waals surface area (Å²) in [6.45, 7) is 7.13. The van der Waals surface area contributed by atoms with Gasteiger partial charge in [0, 0.05) is 6.04 Å². The fraction of sp³-hybridized carbons (Fsp3) is 0.765. The Balaban J connectivity index is 1.79. The van der Waals surface area contributed by atoms with Crippen molar-refractivity contribution in [3.63, 3.8) is 0 Å². The van der Waals surface area contributed by atoms with Crippen molar-refractivity contribution in [2.75, 3.05) is 13.2 Å². The van der Waals surface area contributed by atoms with E-state index >= 15 is 0 Å². The lowest BCUT2D eigenvalue weighted by Gasteiger charge is -2.26. The summed E-state index contributed by atoms with van der Waals surface area (Å²) in [7, 11) is 0. The number of ether oxygens (including phenoxy) is 2. The lowest BCUT2D eigenvalue weighted by molar-refractivity contribution is -0.154. The summed E-state index contributed by atoms with van der Waals surface area (Å²) in [6, 6.07) is 0.167. The third-order valence-electron chi connectivity index (χ3n) is 5.27. The quantitative estimate of drug-likeness (QED) is 0.427. The first-order valence-electron chi connectivity index (χ1n) is 8.38. The molecule has 2 bridgehead atoms. The summed E-state index contributed by atoms with van der Waals surface area (Å²) in [5, 5.41) is 0. The van der Waals surface area contributed by atoms with Gasteiger partial charge in [-0.25, -0.2) is 0 Å². The molecule has 2 saturated heterocycles. The summed E-state index contributed by atoms with van der Waals surface area (Å²) in [4.78, 5) is 27.1. The van der Waals surface area contributed by atoms with Crippen molar-refractivity contribution in [3.8, 4) is 0 Å². The van der Waals surface area contributed by atoms with Gasteiger partial charge in [-0.3, -0.25) is 9.59 Å². The second-order valence-corrected chi connectivity index (χ2v) is 6.64. The van der Waals surface area contributed by atoms with Crippen molar-refractivity contribution in [1.82, 2.24) is 4.90 Å². The van der Waals surface area contributed by atoms with Crippen LogP contribution < -0.4 is 0 Å². The Bertz CT molecular complexity index is 503. The molecule has 1 amide bonds. The molecule has 0 N–H and O–H groups in total. The summed E-state index contributed by atoms with van der Waals surface area (Å²) in [6.07, 6.45) is 6.33. The molecule has 0 radical (unpaired) electrons. The predicted octanol–water partition coefficient (Wildman–Crippen LogP) is 1.91. The van der Waals surface area contributed by atoms with Gasteiger partial charge in [0.25, 0.3) is 0 Å². The Morgan fingerprint density at radius 2 is 2.32 bits per heavy atom. The van der Waals surface area contributed by atoms with Gasteiger partial charge < -0.3 is 14.4 Å². The van der Waals surface area contributed by atoms with Crippen molar-refractivity contribution >= 4 is 11.9 Å². The van der Waals surface area contributed by atoms with Crippen molar-refractivity contribution in [2.24, 2.45) is 11.8 Å². The fourth-order valence-corrected chi connectivity index (χ4v) is 3.80. The molecule has 5 nitrogen and oxygen atoms in total. The van der Waals surface area contributed by atoms with E-state index in [4.69, 9.17) is 9.47 Å². The lowest BCUT2D eigenvalue weighted by Crippen LogP contribution is -2.41. The number of unbranched alkanes of at least 4 members (excludes halogenated alkanes) is 1. The van der Waals surface area contributed by atoms with Crippen molar-refractivity contribution in [2.45, 2.75) is 57.8 Å². The van der Waals surface area contributed by atoms with Crippen LogP contribution in [0.3, 0.4) is 0 Å². The zero-order valence-corrected chi connectivity index (χ0v) is 13.6. The topological polar surface area (TPSA) is 55.8 Å². The van der Waals surface area contributed by atoms with Crippen LogP contribution in [-0.2, 0) is 19.1 Å². The van der Waals surface area contributed by atoms with Crippen LogP contribution in [-0.4, -0.2) is 47.7 Å². The van der Waals surface area contributed by atoms with E-state index in [2.05, 4.69) is 13.8 Å². The average Bonchev–Trinajstić information content (AvgIpc) is 3.15. The molecule has 0 aliphatic carbocycles. The van der Waals surface area contributed by atoms with Crippen LogP contribution in [0.5, 0.6) is 0 Å². The highest BCUT2D eigenvalue weighted by atomic mass is 16.6. The smallest absolute Gasteiger partial charge is 0.312 e. The van der Waals surface area contributed by atoms with E-state index in [0.29, 0.717) is 13.2 Å². The molecule has 3 heterocycles. The van der Waals surface area contributed by atoms with Crippen LogP contribution in [0.15, 0.2) is 12.2 Å². The molecular formula is C17H25NO4. The zero-order valence-electron chi connectivity index (χ0n) is 13.6. The molecule has 2 fully saturated rings. The van der Waals surface area contributed by atoms with E-state index in [1.807, 2.05) is 24.0 Å². The third-order valence-corrected chi connectivity index (χ3v) is 5.27. The molecule has 0 unspecified atom stereocenters. The van der Waals surface area contributed by atoms with Crippen LogP contribution >= 0.6 is 0 Å². The van der Waals surface area contributed by atoms with Gasteiger partial charge in [0.05, 0.1) is 25.2 Å². The Morgan fingerprint density at radius 1 is 1.55 bits per heavy atom. The molecule has 3 aliphatic heterocycles. The first-order chi connectivity index (χ1) is 10.5. The van der Waals surface area contributed by atoms with E-state index in [1.54, 1.807) is 0 Å². The van der Waals surface area contributed by atoms with E-state index in [1.165, 1.54) is 0 Å². The highest BCUT2D eigenvalue weighted by molar-refractivity contribution is 5.91. The molecule has 1 spiro atoms. The van der Waals surface area contributed by atoms with Crippen molar-refractivity contribution < 1.29 is 19.1 Å². The van der Waals surface area contributed by atoms with Crippen LogP contribution in [0, 0.1) is 11.8 Å². The molecule has 0 saturated carbocycles. The van der Waals surface area contributed by atoms with Crippen LogP contribution in [0.1, 0.15) is 40.0 Å². The van der Waals surface area contributed by atoms with Crippen LogP contribution in [0.25, 0.3) is 0 Å². The number of amides is 1. The van der Waals surface area contributed by atoms with E-state index < -0.39 is 17.4 Å². The van der Waals surface area contributed by atoms with Gasteiger partial charge in [-0.15, -0.1) is 0 Å².